The van der Waals surface area contributed by atoms with Gasteiger partial charge in [0.1, 0.15) is 5.82 Å². The first kappa shape index (κ1) is 10.8. The van der Waals surface area contributed by atoms with E-state index in [1.54, 1.807) is 19.1 Å². The Bertz CT molecular complexity index is 477. The van der Waals surface area contributed by atoms with Crippen LogP contribution in [0.4, 0.5) is 4.39 Å². The molecule has 0 aromatic heterocycles. The van der Waals surface area contributed by atoms with Crippen LogP contribution in [-0.4, -0.2) is 5.11 Å². The normalized spacial score (nSPS) is 12.4. The lowest BCUT2D eigenvalue weighted by Gasteiger charge is -2.08. The first-order chi connectivity index (χ1) is 7.68. The molecule has 2 aromatic carbocycles. The second kappa shape index (κ2) is 4.45. The molecule has 1 N–H and O–H groups in total. The van der Waals surface area contributed by atoms with Crippen LogP contribution in [0.2, 0.25) is 0 Å². The van der Waals surface area contributed by atoms with Crippen molar-refractivity contribution in [2.45, 2.75) is 13.0 Å². The lowest BCUT2D eigenvalue weighted by Crippen LogP contribution is -1.93. The highest BCUT2D eigenvalue weighted by molar-refractivity contribution is 5.64. The van der Waals surface area contributed by atoms with Gasteiger partial charge in [0.15, 0.2) is 0 Å². The fraction of sp³-hybridized carbons (Fsp3) is 0.143. The third kappa shape index (κ3) is 2.12. The Hall–Kier alpha value is -1.67. The van der Waals surface area contributed by atoms with Crippen molar-refractivity contribution >= 4 is 0 Å². The van der Waals surface area contributed by atoms with E-state index in [1.165, 1.54) is 6.07 Å². The third-order valence-corrected chi connectivity index (χ3v) is 2.56. The molecule has 1 nitrogen and oxygen atoms in total. The topological polar surface area (TPSA) is 20.2 Å². The highest BCUT2D eigenvalue weighted by atomic mass is 19.1. The SMILES string of the molecule is C[C@H](O)c1ccc(-c2ccccc2)c(F)c1. The molecule has 0 aliphatic carbocycles. The molecule has 0 spiro atoms. The summed E-state index contributed by atoms with van der Waals surface area (Å²) in [6, 6.07) is 14.2. The first-order valence-corrected chi connectivity index (χ1v) is 5.21. The van der Waals surface area contributed by atoms with Gasteiger partial charge < -0.3 is 5.11 Å². The summed E-state index contributed by atoms with van der Waals surface area (Å²) in [6.07, 6.45) is -0.640. The fourth-order valence-corrected chi connectivity index (χ4v) is 1.64. The van der Waals surface area contributed by atoms with E-state index < -0.39 is 6.10 Å². The Morgan fingerprint density at radius 3 is 2.31 bits per heavy atom. The highest BCUT2D eigenvalue weighted by Crippen LogP contribution is 2.25. The van der Waals surface area contributed by atoms with Crippen molar-refractivity contribution in [2.75, 3.05) is 0 Å². The zero-order valence-electron chi connectivity index (χ0n) is 9.02. The van der Waals surface area contributed by atoms with Crippen LogP contribution >= 0.6 is 0 Å². The zero-order chi connectivity index (χ0) is 11.5. The molecule has 0 aliphatic heterocycles. The van der Waals surface area contributed by atoms with Crippen LogP contribution in [0, 0.1) is 5.82 Å². The minimum absolute atomic E-state index is 0.301. The van der Waals surface area contributed by atoms with Gasteiger partial charge >= 0.3 is 0 Å². The zero-order valence-corrected chi connectivity index (χ0v) is 9.02. The van der Waals surface area contributed by atoms with Crippen molar-refractivity contribution in [1.82, 2.24) is 0 Å². The first-order valence-electron chi connectivity index (χ1n) is 5.21. The molecule has 16 heavy (non-hydrogen) atoms. The van der Waals surface area contributed by atoms with Crippen LogP contribution in [0.15, 0.2) is 48.5 Å². The second-order valence-electron chi connectivity index (χ2n) is 3.78. The quantitative estimate of drug-likeness (QED) is 0.814. The van der Waals surface area contributed by atoms with Crippen LogP contribution in [0.25, 0.3) is 11.1 Å². The molecule has 0 aliphatic rings. The van der Waals surface area contributed by atoms with Gasteiger partial charge in [0, 0.05) is 5.56 Å². The summed E-state index contributed by atoms with van der Waals surface area (Å²) in [5.74, 6) is -0.301. The largest absolute Gasteiger partial charge is 0.389 e. The minimum atomic E-state index is -0.640. The van der Waals surface area contributed by atoms with Gasteiger partial charge in [-0.15, -0.1) is 0 Å². The number of rotatable bonds is 2. The standard InChI is InChI=1S/C14H13FO/c1-10(16)12-7-8-13(14(15)9-12)11-5-3-2-4-6-11/h2-10,16H,1H3/t10-/m0/s1. The summed E-state index contributed by atoms with van der Waals surface area (Å²) in [5.41, 5.74) is 2.00. The van der Waals surface area contributed by atoms with Gasteiger partial charge in [-0.3, -0.25) is 0 Å². The monoisotopic (exact) mass is 216 g/mol. The number of hydrogen-bond acceptors (Lipinski definition) is 1. The number of halogens is 1. The molecular formula is C14H13FO. The molecule has 0 saturated carbocycles. The van der Waals surface area contributed by atoms with Crippen LogP contribution in [0.5, 0.6) is 0 Å². The van der Waals surface area contributed by atoms with E-state index in [2.05, 4.69) is 0 Å². The van der Waals surface area contributed by atoms with Gasteiger partial charge in [0.05, 0.1) is 6.10 Å². The predicted molar refractivity (Wildman–Crippen MR) is 62.5 cm³/mol. The Balaban J connectivity index is 2.45. The number of aliphatic hydroxyl groups excluding tert-OH is 1. The smallest absolute Gasteiger partial charge is 0.131 e. The van der Waals surface area contributed by atoms with Crippen molar-refractivity contribution in [3.8, 4) is 11.1 Å². The summed E-state index contributed by atoms with van der Waals surface area (Å²) < 4.78 is 13.8. The Labute approximate surface area is 94.2 Å². The molecular weight excluding hydrogens is 203 g/mol. The Morgan fingerprint density at radius 1 is 1.06 bits per heavy atom. The van der Waals surface area contributed by atoms with E-state index in [1.807, 2.05) is 30.3 Å². The number of hydrogen-bond donors (Lipinski definition) is 1. The molecule has 0 heterocycles. The molecule has 2 rings (SSSR count). The van der Waals surface area contributed by atoms with Gasteiger partial charge in [-0.05, 0) is 24.1 Å². The maximum absolute atomic E-state index is 13.8. The molecule has 0 saturated heterocycles. The van der Waals surface area contributed by atoms with Crippen molar-refractivity contribution in [3.05, 3.63) is 59.9 Å². The third-order valence-electron chi connectivity index (χ3n) is 2.56. The van der Waals surface area contributed by atoms with E-state index in [4.69, 9.17) is 0 Å². The van der Waals surface area contributed by atoms with Gasteiger partial charge in [-0.1, -0.05) is 42.5 Å². The Kier molecular flexibility index (Phi) is 3.02. The van der Waals surface area contributed by atoms with Crippen LogP contribution in [-0.2, 0) is 0 Å². The van der Waals surface area contributed by atoms with Crippen LogP contribution in [0.1, 0.15) is 18.6 Å². The highest BCUT2D eigenvalue weighted by Gasteiger charge is 2.07. The molecule has 1 atom stereocenters. The van der Waals surface area contributed by atoms with E-state index in [0.29, 0.717) is 11.1 Å². The maximum atomic E-state index is 13.8. The molecule has 2 aromatic rings. The average molecular weight is 216 g/mol. The van der Waals surface area contributed by atoms with E-state index >= 15 is 0 Å². The average Bonchev–Trinajstić information content (AvgIpc) is 2.30. The van der Waals surface area contributed by atoms with Crippen LogP contribution in [0.3, 0.4) is 0 Å². The Morgan fingerprint density at radius 2 is 1.75 bits per heavy atom. The lowest BCUT2D eigenvalue weighted by molar-refractivity contribution is 0.199. The fourth-order valence-electron chi connectivity index (χ4n) is 1.64. The van der Waals surface area contributed by atoms with Gasteiger partial charge in [-0.25, -0.2) is 4.39 Å². The molecule has 0 amide bonds. The molecule has 0 radical (unpaired) electrons. The van der Waals surface area contributed by atoms with Crippen molar-refractivity contribution in [3.63, 3.8) is 0 Å². The summed E-state index contributed by atoms with van der Waals surface area (Å²) in [4.78, 5) is 0. The lowest BCUT2D eigenvalue weighted by atomic mass is 10.0. The summed E-state index contributed by atoms with van der Waals surface area (Å²) >= 11 is 0. The minimum Gasteiger partial charge on any atom is -0.389 e. The van der Waals surface area contributed by atoms with Gasteiger partial charge in [0.25, 0.3) is 0 Å². The van der Waals surface area contributed by atoms with Crippen LogP contribution < -0.4 is 0 Å². The van der Waals surface area contributed by atoms with E-state index in [-0.39, 0.29) is 5.82 Å². The molecule has 82 valence electrons. The second-order valence-corrected chi connectivity index (χ2v) is 3.78. The van der Waals surface area contributed by atoms with Gasteiger partial charge in [-0.2, -0.15) is 0 Å². The van der Waals surface area contributed by atoms with Crippen molar-refractivity contribution < 1.29 is 9.50 Å². The van der Waals surface area contributed by atoms with Crippen molar-refractivity contribution in [2.24, 2.45) is 0 Å². The van der Waals surface area contributed by atoms with Crippen molar-refractivity contribution in [1.29, 1.82) is 0 Å². The molecule has 0 fully saturated rings. The van der Waals surface area contributed by atoms with E-state index in [0.717, 1.165) is 5.56 Å². The summed E-state index contributed by atoms with van der Waals surface area (Å²) in [5, 5.41) is 9.34. The number of aliphatic hydroxyl groups is 1. The maximum Gasteiger partial charge on any atom is 0.131 e. The summed E-state index contributed by atoms with van der Waals surface area (Å²) in [6.45, 7) is 1.62. The van der Waals surface area contributed by atoms with Gasteiger partial charge in [0.2, 0.25) is 0 Å². The van der Waals surface area contributed by atoms with E-state index in [9.17, 15) is 9.50 Å². The molecule has 2 heteroatoms. The predicted octanol–water partition coefficient (Wildman–Crippen LogP) is 3.55. The molecule has 0 unspecified atom stereocenters. The summed E-state index contributed by atoms with van der Waals surface area (Å²) in [7, 11) is 0. The molecule has 0 bridgehead atoms. The number of benzene rings is 2.